The third-order valence-electron chi connectivity index (χ3n) is 2.88. The molecule has 0 aliphatic carbocycles. The largest absolute Gasteiger partial charge is 0.376 e. The third-order valence-corrected chi connectivity index (χ3v) is 2.88. The normalized spacial score (nSPS) is 20.5. The molecule has 1 heterocycles. The van der Waals surface area contributed by atoms with E-state index in [0.29, 0.717) is 26.4 Å². The molecule has 94 valence electrons. The van der Waals surface area contributed by atoms with E-state index in [1.165, 1.54) is 6.07 Å². The minimum Gasteiger partial charge on any atom is -0.376 e. The van der Waals surface area contributed by atoms with Gasteiger partial charge in [-0.1, -0.05) is 6.07 Å². The average Bonchev–Trinajstić information content (AvgIpc) is 2.35. The molecule has 1 aromatic rings. The maximum Gasteiger partial charge on any atom is 0.123 e. The standard InChI is InChI=1S/C13H18FNO2/c1-10-2-3-12(14)6-11(10)7-15-8-13-9-16-4-5-17-13/h2-3,6,13,15H,4-5,7-9H2,1H3. The number of hydrogen-bond donors (Lipinski definition) is 1. The summed E-state index contributed by atoms with van der Waals surface area (Å²) in [6.07, 6.45) is 0.109. The van der Waals surface area contributed by atoms with Crippen molar-refractivity contribution in [2.75, 3.05) is 26.4 Å². The number of rotatable bonds is 4. The Hall–Kier alpha value is -0.970. The summed E-state index contributed by atoms with van der Waals surface area (Å²) in [7, 11) is 0. The number of nitrogens with one attached hydrogen (secondary N) is 1. The molecular formula is C13H18FNO2. The summed E-state index contributed by atoms with van der Waals surface area (Å²) in [5.74, 6) is -0.190. The summed E-state index contributed by atoms with van der Waals surface area (Å²) in [6.45, 7) is 5.34. The monoisotopic (exact) mass is 239 g/mol. The molecule has 1 aromatic carbocycles. The summed E-state index contributed by atoms with van der Waals surface area (Å²) in [6, 6.07) is 4.85. The maximum atomic E-state index is 13.1. The van der Waals surface area contributed by atoms with E-state index in [-0.39, 0.29) is 11.9 Å². The fourth-order valence-electron chi connectivity index (χ4n) is 1.85. The molecule has 1 unspecified atom stereocenters. The van der Waals surface area contributed by atoms with Crippen LogP contribution in [0.15, 0.2) is 18.2 Å². The lowest BCUT2D eigenvalue weighted by Gasteiger charge is -2.23. The maximum absolute atomic E-state index is 13.1. The molecule has 2 rings (SSSR count). The van der Waals surface area contributed by atoms with Gasteiger partial charge in [0.05, 0.1) is 25.9 Å². The molecule has 1 aliphatic heterocycles. The van der Waals surface area contributed by atoms with Crippen LogP contribution in [0.25, 0.3) is 0 Å². The molecule has 1 fully saturated rings. The fourth-order valence-corrected chi connectivity index (χ4v) is 1.85. The molecule has 0 spiro atoms. The second kappa shape index (κ2) is 6.10. The van der Waals surface area contributed by atoms with Crippen molar-refractivity contribution in [2.45, 2.75) is 19.6 Å². The molecular weight excluding hydrogens is 221 g/mol. The van der Waals surface area contributed by atoms with Crippen LogP contribution in [0.3, 0.4) is 0 Å². The molecule has 3 nitrogen and oxygen atoms in total. The van der Waals surface area contributed by atoms with Crippen molar-refractivity contribution in [1.82, 2.24) is 5.32 Å². The molecule has 0 radical (unpaired) electrons. The van der Waals surface area contributed by atoms with Gasteiger partial charge in [0, 0.05) is 13.1 Å². The topological polar surface area (TPSA) is 30.5 Å². The molecule has 1 saturated heterocycles. The van der Waals surface area contributed by atoms with E-state index in [1.54, 1.807) is 12.1 Å². The predicted octanol–water partition coefficient (Wildman–Crippen LogP) is 1.64. The Bertz CT molecular complexity index is 364. The van der Waals surface area contributed by atoms with Gasteiger partial charge in [0.1, 0.15) is 5.82 Å². The van der Waals surface area contributed by atoms with E-state index in [0.717, 1.165) is 17.7 Å². The van der Waals surface area contributed by atoms with Crippen molar-refractivity contribution in [3.05, 3.63) is 35.1 Å². The Morgan fingerprint density at radius 1 is 1.41 bits per heavy atom. The highest BCUT2D eigenvalue weighted by molar-refractivity contribution is 5.26. The first kappa shape index (κ1) is 12.5. The summed E-state index contributed by atoms with van der Waals surface area (Å²) in [5.41, 5.74) is 2.08. The summed E-state index contributed by atoms with van der Waals surface area (Å²) in [4.78, 5) is 0. The number of ether oxygens (including phenoxy) is 2. The van der Waals surface area contributed by atoms with Crippen LogP contribution in [0.1, 0.15) is 11.1 Å². The molecule has 0 saturated carbocycles. The van der Waals surface area contributed by atoms with Crippen molar-refractivity contribution >= 4 is 0 Å². The number of aryl methyl sites for hydroxylation is 1. The molecule has 1 aliphatic rings. The van der Waals surface area contributed by atoms with E-state index in [2.05, 4.69) is 5.32 Å². The fraction of sp³-hybridized carbons (Fsp3) is 0.538. The molecule has 1 N–H and O–H groups in total. The zero-order chi connectivity index (χ0) is 12.1. The highest BCUT2D eigenvalue weighted by Crippen LogP contribution is 2.10. The quantitative estimate of drug-likeness (QED) is 0.866. The number of benzene rings is 1. The Balaban J connectivity index is 1.79. The van der Waals surface area contributed by atoms with Crippen molar-refractivity contribution in [3.63, 3.8) is 0 Å². The lowest BCUT2D eigenvalue weighted by atomic mass is 10.1. The predicted molar refractivity (Wildman–Crippen MR) is 63.4 cm³/mol. The Labute approximate surface area is 101 Å². The Kier molecular flexibility index (Phi) is 4.48. The summed E-state index contributed by atoms with van der Waals surface area (Å²) >= 11 is 0. The zero-order valence-electron chi connectivity index (χ0n) is 10.0. The highest BCUT2D eigenvalue weighted by atomic mass is 19.1. The first-order valence-electron chi connectivity index (χ1n) is 5.91. The van der Waals surface area contributed by atoms with Crippen molar-refractivity contribution in [1.29, 1.82) is 0 Å². The van der Waals surface area contributed by atoms with Crippen molar-refractivity contribution in [2.24, 2.45) is 0 Å². The van der Waals surface area contributed by atoms with Crippen LogP contribution in [-0.4, -0.2) is 32.5 Å². The van der Waals surface area contributed by atoms with Crippen LogP contribution < -0.4 is 5.32 Å². The van der Waals surface area contributed by atoms with E-state index in [4.69, 9.17) is 9.47 Å². The minimum atomic E-state index is -0.190. The first-order chi connectivity index (χ1) is 8.25. The lowest BCUT2D eigenvalue weighted by molar-refractivity contribution is -0.0864. The summed E-state index contributed by atoms with van der Waals surface area (Å²) < 4.78 is 23.9. The van der Waals surface area contributed by atoms with Crippen LogP contribution in [0.5, 0.6) is 0 Å². The van der Waals surface area contributed by atoms with E-state index in [1.807, 2.05) is 6.92 Å². The lowest BCUT2D eigenvalue weighted by Crippen LogP contribution is -2.37. The minimum absolute atomic E-state index is 0.109. The van der Waals surface area contributed by atoms with E-state index < -0.39 is 0 Å². The Morgan fingerprint density at radius 3 is 3.06 bits per heavy atom. The van der Waals surface area contributed by atoms with E-state index >= 15 is 0 Å². The van der Waals surface area contributed by atoms with E-state index in [9.17, 15) is 4.39 Å². The van der Waals surface area contributed by atoms with Gasteiger partial charge >= 0.3 is 0 Å². The molecule has 0 aromatic heterocycles. The van der Waals surface area contributed by atoms with Crippen LogP contribution in [0.2, 0.25) is 0 Å². The molecule has 0 amide bonds. The summed E-state index contributed by atoms with van der Waals surface area (Å²) in [5, 5.41) is 3.27. The van der Waals surface area contributed by atoms with Gasteiger partial charge < -0.3 is 14.8 Å². The van der Waals surface area contributed by atoms with Crippen LogP contribution >= 0.6 is 0 Å². The first-order valence-corrected chi connectivity index (χ1v) is 5.91. The molecule has 0 bridgehead atoms. The van der Waals surface area contributed by atoms with Gasteiger partial charge in [-0.25, -0.2) is 4.39 Å². The zero-order valence-corrected chi connectivity index (χ0v) is 10.0. The third kappa shape index (κ3) is 3.77. The Morgan fingerprint density at radius 2 is 2.29 bits per heavy atom. The average molecular weight is 239 g/mol. The molecule has 17 heavy (non-hydrogen) atoms. The van der Waals surface area contributed by atoms with Crippen molar-refractivity contribution < 1.29 is 13.9 Å². The van der Waals surface area contributed by atoms with Crippen LogP contribution in [0, 0.1) is 12.7 Å². The van der Waals surface area contributed by atoms with Gasteiger partial charge in [-0.2, -0.15) is 0 Å². The second-order valence-electron chi connectivity index (χ2n) is 4.27. The molecule has 1 atom stereocenters. The van der Waals surface area contributed by atoms with Crippen LogP contribution in [-0.2, 0) is 16.0 Å². The van der Waals surface area contributed by atoms with Gasteiger partial charge in [-0.05, 0) is 30.2 Å². The SMILES string of the molecule is Cc1ccc(F)cc1CNCC1COCCO1. The second-order valence-corrected chi connectivity index (χ2v) is 4.27. The number of hydrogen-bond acceptors (Lipinski definition) is 3. The van der Waals surface area contributed by atoms with Gasteiger partial charge in [0.15, 0.2) is 0 Å². The smallest absolute Gasteiger partial charge is 0.123 e. The molecule has 4 heteroatoms. The highest BCUT2D eigenvalue weighted by Gasteiger charge is 2.13. The van der Waals surface area contributed by atoms with Gasteiger partial charge in [-0.3, -0.25) is 0 Å². The van der Waals surface area contributed by atoms with Gasteiger partial charge in [0.2, 0.25) is 0 Å². The van der Waals surface area contributed by atoms with Crippen LogP contribution in [0.4, 0.5) is 4.39 Å². The van der Waals surface area contributed by atoms with Gasteiger partial charge in [0.25, 0.3) is 0 Å². The van der Waals surface area contributed by atoms with Gasteiger partial charge in [-0.15, -0.1) is 0 Å². The van der Waals surface area contributed by atoms with Crippen molar-refractivity contribution in [3.8, 4) is 0 Å². The number of halogens is 1.